The summed E-state index contributed by atoms with van der Waals surface area (Å²) in [6, 6.07) is 0.105. The monoisotopic (exact) mass is 224 g/mol. The van der Waals surface area contributed by atoms with Gasteiger partial charge < -0.3 is 5.73 Å². The van der Waals surface area contributed by atoms with Crippen LogP contribution >= 0.6 is 0 Å². The van der Waals surface area contributed by atoms with Crippen molar-refractivity contribution in [3.8, 4) is 0 Å². The van der Waals surface area contributed by atoms with Gasteiger partial charge in [0.25, 0.3) is 0 Å². The SMILES string of the molecule is C=CC(=CN)C=C(F)C(C)=NC(C)C(C)C. The lowest BCUT2D eigenvalue weighted by atomic mass is 10.1. The number of aliphatic imine (C=N–C) groups is 1. The largest absolute Gasteiger partial charge is 0.404 e. The highest BCUT2D eigenvalue weighted by molar-refractivity contribution is 5.96. The van der Waals surface area contributed by atoms with E-state index in [2.05, 4.69) is 25.4 Å². The molecule has 0 spiro atoms. The molecule has 0 radical (unpaired) electrons. The minimum atomic E-state index is -0.371. The van der Waals surface area contributed by atoms with Crippen molar-refractivity contribution in [1.29, 1.82) is 0 Å². The van der Waals surface area contributed by atoms with Crippen LogP contribution in [0.1, 0.15) is 27.7 Å². The zero-order valence-corrected chi connectivity index (χ0v) is 10.5. The first-order chi connectivity index (χ1) is 7.42. The molecule has 0 aliphatic carbocycles. The number of hydrogen-bond acceptors (Lipinski definition) is 2. The van der Waals surface area contributed by atoms with Gasteiger partial charge in [-0.05, 0) is 31.4 Å². The highest BCUT2D eigenvalue weighted by Crippen LogP contribution is 2.11. The van der Waals surface area contributed by atoms with Gasteiger partial charge in [0.1, 0.15) is 5.83 Å². The van der Waals surface area contributed by atoms with Crippen molar-refractivity contribution >= 4 is 5.71 Å². The third kappa shape index (κ3) is 4.91. The van der Waals surface area contributed by atoms with E-state index in [0.29, 0.717) is 17.2 Å². The maximum Gasteiger partial charge on any atom is 0.144 e. The summed E-state index contributed by atoms with van der Waals surface area (Å²) in [5.41, 5.74) is 6.23. The van der Waals surface area contributed by atoms with E-state index in [1.807, 2.05) is 6.92 Å². The van der Waals surface area contributed by atoms with Crippen LogP contribution in [0.5, 0.6) is 0 Å². The Labute approximate surface area is 97.5 Å². The molecule has 2 nitrogen and oxygen atoms in total. The van der Waals surface area contributed by atoms with Crippen LogP contribution in [0.2, 0.25) is 0 Å². The molecule has 3 heteroatoms. The van der Waals surface area contributed by atoms with E-state index in [4.69, 9.17) is 5.73 Å². The van der Waals surface area contributed by atoms with Crippen molar-refractivity contribution in [2.75, 3.05) is 0 Å². The molecule has 1 atom stereocenters. The molecule has 0 heterocycles. The molecule has 0 rings (SSSR count). The van der Waals surface area contributed by atoms with Gasteiger partial charge in [0.2, 0.25) is 0 Å². The number of nitrogens with two attached hydrogens (primary N) is 1. The predicted octanol–water partition coefficient (Wildman–Crippen LogP) is 3.37. The number of nitrogens with zero attached hydrogens (tertiary/aromatic N) is 1. The molecule has 0 saturated heterocycles. The predicted molar refractivity (Wildman–Crippen MR) is 69.1 cm³/mol. The van der Waals surface area contributed by atoms with E-state index in [1.165, 1.54) is 18.4 Å². The standard InChI is InChI=1S/C13H21FN2/c1-6-12(8-15)7-13(14)11(5)16-10(4)9(2)3/h6-10H,1,15H2,2-5H3. The summed E-state index contributed by atoms with van der Waals surface area (Å²) in [6.45, 7) is 11.3. The summed E-state index contributed by atoms with van der Waals surface area (Å²) in [5, 5.41) is 0. The maximum absolute atomic E-state index is 13.6. The molecule has 0 aliphatic heterocycles. The fraction of sp³-hybridized carbons (Fsp3) is 0.462. The molecular weight excluding hydrogens is 203 g/mol. The minimum Gasteiger partial charge on any atom is -0.404 e. The molecule has 90 valence electrons. The quantitative estimate of drug-likeness (QED) is 0.564. The first kappa shape index (κ1) is 14.6. The van der Waals surface area contributed by atoms with Crippen LogP contribution in [0.25, 0.3) is 0 Å². The lowest BCUT2D eigenvalue weighted by Gasteiger charge is -2.11. The minimum absolute atomic E-state index is 0.105. The molecule has 0 aromatic carbocycles. The number of halogens is 1. The van der Waals surface area contributed by atoms with Crippen molar-refractivity contribution in [3.63, 3.8) is 0 Å². The Balaban J connectivity index is 4.85. The van der Waals surface area contributed by atoms with E-state index in [-0.39, 0.29) is 11.9 Å². The van der Waals surface area contributed by atoms with Crippen molar-refractivity contribution in [3.05, 3.63) is 36.3 Å². The summed E-state index contributed by atoms with van der Waals surface area (Å²) >= 11 is 0. The van der Waals surface area contributed by atoms with Crippen molar-refractivity contribution in [1.82, 2.24) is 0 Å². The highest BCUT2D eigenvalue weighted by Gasteiger charge is 2.07. The summed E-state index contributed by atoms with van der Waals surface area (Å²) < 4.78 is 13.6. The van der Waals surface area contributed by atoms with Gasteiger partial charge in [-0.2, -0.15) is 0 Å². The van der Waals surface area contributed by atoms with Crippen LogP contribution in [-0.4, -0.2) is 11.8 Å². The summed E-state index contributed by atoms with van der Waals surface area (Å²) in [4.78, 5) is 4.27. The third-order valence-corrected chi connectivity index (χ3v) is 2.43. The first-order valence-corrected chi connectivity index (χ1v) is 5.38. The molecule has 16 heavy (non-hydrogen) atoms. The fourth-order valence-corrected chi connectivity index (χ4v) is 0.942. The lowest BCUT2D eigenvalue weighted by molar-refractivity contribution is 0.529. The van der Waals surface area contributed by atoms with Gasteiger partial charge >= 0.3 is 0 Å². The van der Waals surface area contributed by atoms with Crippen LogP contribution in [0.3, 0.4) is 0 Å². The van der Waals surface area contributed by atoms with E-state index in [1.54, 1.807) is 6.92 Å². The number of allylic oxidation sites excluding steroid dienone is 4. The molecule has 0 fully saturated rings. The Morgan fingerprint density at radius 1 is 1.38 bits per heavy atom. The van der Waals surface area contributed by atoms with Crippen LogP contribution in [0.15, 0.2) is 41.3 Å². The molecule has 2 N–H and O–H groups in total. The molecule has 0 amide bonds. The van der Waals surface area contributed by atoms with Crippen molar-refractivity contribution in [2.24, 2.45) is 16.6 Å². The molecule has 1 unspecified atom stereocenters. The summed E-state index contributed by atoms with van der Waals surface area (Å²) in [7, 11) is 0. The van der Waals surface area contributed by atoms with Crippen molar-refractivity contribution in [2.45, 2.75) is 33.7 Å². The van der Waals surface area contributed by atoms with Gasteiger partial charge in [0.05, 0.1) is 5.71 Å². The van der Waals surface area contributed by atoms with Crippen molar-refractivity contribution < 1.29 is 4.39 Å². The van der Waals surface area contributed by atoms with Gasteiger partial charge in [-0.15, -0.1) is 0 Å². The van der Waals surface area contributed by atoms with Gasteiger partial charge in [0, 0.05) is 12.2 Å². The van der Waals surface area contributed by atoms with Gasteiger partial charge in [-0.25, -0.2) is 4.39 Å². The van der Waals surface area contributed by atoms with Crippen LogP contribution in [0.4, 0.5) is 4.39 Å². The van der Waals surface area contributed by atoms with Crippen LogP contribution < -0.4 is 5.73 Å². The highest BCUT2D eigenvalue weighted by atomic mass is 19.1. The fourth-order valence-electron chi connectivity index (χ4n) is 0.942. The maximum atomic E-state index is 13.6. The molecule has 0 aromatic rings. The number of rotatable bonds is 5. The topological polar surface area (TPSA) is 38.4 Å². The van der Waals surface area contributed by atoms with Gasteiger partial charge in [0.15, 0.2) is 0 Å². The third-order valence-electron chi connectivity index (χ3n) is 2.43. The molecular formula is C13H21FN2. The molecule has 0 aromatic heterocycles. The lowest BCUT2D eigenvalue weighted by Crippen LogP contribution is -2.10. The molecule has 0 aliphatic rings. The van der Waals surface area contributed by atoms with E-state index in [0.717, 1.165) is 0 Å². The van der Waals surface area contributed by atoms with Crippen LogP contribution in [-0.2, 0) is 0 Å². The van der Waals surface area contributed by atoms with E-state index in [9.17, 15) is 4.39 Å². The van der Waals surface area contributed by atoms with Gasteiger partial charge in [-0.3, -0.25) is 4.99 Å². The average Bonchev–Trinajstić information content (AvgIpc) is 2.24. The molecule has 0 saturated carbocycles. The summed E-state index contributed by atoms with van der Waals surface area (Å²) in [6.07, 6.45) is 4.14. The first-order valence-electron chi connectivity index (χ1n) is 5.38. The molecule has 0 bridgehead atoms. The zero-order chi connectivity index (χ0) is 12.7. The van der Waals surface area contributed by atoms with E-state index < -0.39 is 0 Å². The number of hydrogen-bond donors (Lipinski definition) is 1. The van der Waals surface area contributed by atoms with Crippen LogP contribution in [0, 0.1) is 5.92 Å². The Kier molecular flexibility index (Phi) is 6.38. The second-order valence-corrected chi connectivity index (χ2v) is 4.06. The Morgan fingerprint density at radius 3 is 2.31 bits per heavy atom. The zero-order valence-electron chi connectivity index (χ0n) is 10.5. The van der Waals surface area contributed by atoms with Gasteiger partial charge in [-0.1, -0.05) is 26.5 Å². The Morgan fingerprint density at radius 2 is 1.94 bits per heavy atom. The average molecular weight is 224 g/mol. The smallest absolute Gasteiger partial charge is 0.144 e. The van der Waals surface area contributed by atoms with E-state index >= 15 is 0 Å². The Bertz CT molecular complexity index is 325. The Hall–Kier alpha value is -1.38. The second-order valence-electron chi connectivity index (χ2n) is 4.06. The summed E-state index contributed by atoms with van der Waals surface area (Å²) in [5.74, 6) is 0.0239. The normalized spacial score (nSPS) is 16.5. The second kappa shape index (κ2) is 6.99.